The summed E-state index contributed by atoms with van der Waals surface area (Å²) in [7, 11) is -3.84. The average molecular weight is 476 g/mol. The fraction of sp³-hybridized carbons (Fsp3) is 0.391. The van der Waals surface area contributed by atoms with Crippen LogP contribution in [0.3, 0.4) is 0 Å². The molecule has 0 unspecified atom stereocenters. The molecule has 2 amide bonds. The van der Waals surface area contributed by atoms with E-state index in [1.807, 2.05) is 0 Å². The van der Waals surface area contributed by atoms with Crippen LogP contribution in [-0.2, 0) is 19.6 Å². The molecule has 2 fully saturated rings. The van der Waals surface area contributed by atoms with Crippen LogP contribution in [0.1, 0.15) is 23.2 Å². The van der Waals surface area contributed by atoms with Gasteiger partial charge in [0, 0.05) is 26.2 Å². The smallest absolute Gasteiger partial charge is 0.256 e. The molecule has 10 heteroatoms. The Morgan fingerprint density at radius 1 is 1.00 bits per heavy atom. The molecule has 8 nitrogen and oxygen atoms in total. The Morgan fingerprint density at radius 2 is 1.70 bits per heavy atom. The van der Waals surface area contributed by atoms with E-state index >= 15 is 0 Å². The highest BCUT2D eigenvalue weighted by Gasteiger charge is 2.34. The first-order valence-electron chi connectivity index (χ1n) is 10.9. The SMILES string of the molecule is O=C(Nc1ccccc1C(=O)N1CCOCC1)[C@@H]1CCCN(S(=O)(=O)c2ccc(F)cc2)C1. The first-order chi connectivity index (χ1) is 15.9. The number of hydrogen-bond donors (Lipinski definition) is 1. The summed E-state index contributed by atoms with van der Waals surface area (Å²) in [4.78, 5) is 27.7. The van der Waals surface area contributed by atoms with Crippen LogP contribution in [0.4, 0.5) is 10.1 Å². The van der Waals surface area contributed by atoms with E-state index in [0.717, 1.165) is 12.1 Å². The number of ether oxygens (including phenoxy) is 1. The highest BCUT2D eigenvalue weighted by Crippen LogP contribution is 2.26. The molecule has 2 heterocycles. The Morgan fingerprint density at radius 3 is 2.42 bits per heavy atom. The second-order valence-corrected chi connectivity index (χ2v) is 10.0. The molecule has 0 aliphatic carbocycles. The minimum absolute atomic E-state index is 0.00795. The molecule has 1 N–H and O–H groups in total. The van der Waals surface area contributed by atoms with E-state index in [1.54, 1.807) is 29.2 Å². The number of hydrogen-bond acceptors (Lipinski definition) is 5. The standard InChI is InChI=1S/C23H26FN3O5S/c24-18-7-9-19(10-8-18)33(30,31)27-11-3-4-17(16-27)22(28)25-21-6-2-1-5-20(21)23(29)26-12-14-32-15-13-26/h1-2,5-10,17H,3-4,11-16H2,(H,25,28)/t17-/m1/s1. The van der Waals surface area contributed by atoms with Gasteiger partial charge in [0.1, 0.15) is 5.82 Å². The van der Waals surface area contributed by atoms with Crippen LogP contribution in [0.5, 0.6) is 0 Å². The zero-order chi connectivity index (χ0) is 23.4. The van der Waals surface area contributed by atoms with Gasteiger partial charge in [0.25, 0.3) is 5.91 Å². The molecule has 176 valence electrons. The number of anilines is 1. The average Bonchev–Trinajstić information content (AvgIpc) is 2.85. The molecule has 2 aliphatic rings. The number of nitrogens with one attached hydrogen (secondary N) is 1. The molecule has 2 saturated heterocycles. The Kier molecular flexibility index (Phi) is 7.06. The normalized spacial score (nSPS) is 19.8. The van der Waals surface area contributed by atoms with Gasteiger partial charge in [-0.15, -0.1) is 0 Å². The predicted molar refractivity (Wildman–Crippen MR) is 120 cm³/mol. The van der Waals surface area contributed by atoms with Crippen LogP contribution in [0.2, 0.25) is 0 Å². The molecule has 0 radical (unpaired) electrons. The number of carbonyl (C=O) groups excluding carboxylic acids is 2. The number of amides is 2. The zero-order valence-corrected chi connectivity index (χ0v) is 18.9. The number of benzene rings is 2. The molecule has 4 rings (SSSR count). The van der Waals surface area contributed by atoms with Crippen molar-refractivity contribution in [3.63, 3.8) is 0 Å². The maximum Gasteiger partial charge on any atom is 0.256 e. The lowest BCUT2D eigenvalue weighted by atomic mass is 9.98. The number of morpholine rings is 1. The summed E-state index contributed by atoms with van der Waals surface area (Å²) < 4.78 is 45.7. The van der Waals surface area contributed by atoms with Crippen molar-refractivity contribution in [1.82, 2.24) is 9.21 Å². The van der Waals surface area contributed by atoms with Crippen LogP contribution in [0.15, 0.2) is 53.4 Å². The highest BCUT2D eigenvalue weighted by atomic mass is 32.2. The lowest BCUT2D eigenvalue weighted by Gasteiger charge is -2.31. The van der Waals surface area contributed by atoms with Gasteiger partial charge in [0.05, 0.1) is 35.3 Å². The second-order valence-electron chi connectivity index (χ2n) is 8.10. The number of halogens is 1. The van der Waals surface area contributed by atoms with Crippen molar-refractivity contribution in [2.45, 2.75) is 17.7 Å². The Bertz CT molecular complexity index is 1120. The van der Waals surface area contributed by atoms with E-state index in [2.05, 4.69) is 5.32 Å². The maximum absolute atomic E-state index is 13.2. The highest BCUT2D eigenvalue weighted by molar-refractivity contribution is 7.89. The summed E-state index contributed by atoms with van der Waals surface area (Å²) in [5.74, 6) is -1.61. The molecule has 0 spiro atoms. The molecule has 2 aromatic rings. The fourth-order valence-electron chi connectivity index (χ4n) is 4.08. The molecule has 33 heavy (non-hydrogen) atoms. The minimum Gasteiger partial charge on any atom is -0.378 e. The van der Waals surface area contributed by atoms with Crippen molar-refractivity contribution in [3.8, 4) is 0 Å². The number of piperidine rings is 1. The van der Waals surface area contributed by atoms with E-state index in [9.17, 15) is 22.4 Å². The van der Waals surface area contributed by atoms with Crippen molar-refractivity contribution >= 4 is 27.5 Å². The largest absolute Gasteiger partial charge is 0.378 e. The van der Waals surface area contributed by atoms with Crippen molar-refractivity contribution in [2.75, 3.05) is 44.7 Å². The number of rotatable bonds is 5. The van der Waals surface area contributed by atoms with Crippen LogP contribution in [-0.4, -0.2) is 68.8 Å². The molecule has 0 saturated carbocycles. The number of sulfonamides is 1. The first kappa shape index (κ1) is 23.3. The third-order valence-corrected chi connectivity index (χ3v) is 7.80. The van der Waals surface area contributed by atoms with Gasteiger partial charge in [-0.25, -0.2) is 12.8 Å². The van der Waals surface area contributed by atoms with Crippen molar-refractivity contribution < 1.29 is 27.1 Å². The second kappa shape index (κ2) is 9.98. The third-order valence-electron chi connectivity index (χ3n) is 5.92. The number of para-hydroxylation sites is 1. The van der Waals surface area contributed by atoms with Gasteiger partial charge in [-0.05, 0) is 49.2 Å². The Balaban J connectivity index is 1.47. The summed E-state index contributed by atoms with van der Waals surface area (Å²) in [6.07, 6.45) is 1.05. The quantitative estimate of drug-likeness (QED) is 0.716. The third kappa shape index (κ3) is 5.23. The van der Waals surface area contributed by atoms with Gasteiger partial charge >= 0.3 is 0 Å². The van der Waals surface area contributed by atoms with E-state index in [-0.39, 0.29) is 29.8 Å². The lowest BCUT2D eigenvalue weighted by Crippen LogP contribution is -2.44. The van der Waals surface area contributed by atoms with E-state index in [1.165, 1.54) is 16.4 Å². The van der Waals surface area contributed by atoms with Crippen LogP contribution in [0.25, 0.3) is 0 Å². The van der Waals surface area contributed by atoms with Crippen LogP contribution >= 0.6 is 0 Å². The van der Waals surface area contributed by atoms with E-state index < -0.39 is 21.8 Å². The fourth-order valence-corrected chi connectivity index (χ4v) is 5.60. The van der Waals surface area contributed by atoms with E-state index in [0.29, 0.717) is 50.4 Å². The summed E-state index contributed by atoms with van der Waals surface area (Å²) >= 11 is 0. The molecule has 2 aliphatic heterocycles. The molecular formula is C23H26FN3O5S. The summed E-state index contributed by atoms with van der Waals surface area (Å²) in [5.41, 5.74) is 0.789. The van der Waals surface area contributed by atoms with Gasteiger partial charge in [0.15, 0.2) is 0 Å². The molecular weight excluding hydrogens is 449 g/mol. The van der Waals surface area contributed by atoms with Gasteiger partial charge in [0.2, 0.25) is 15.9 Å². The minimum atomic E-state index is -3.84. The van der Waals surface area contributed by atoms with Crippen LogP contribution in [0, 0.1) is 11.7 Å². The summed E-state index contributed by atoms with van der Waals surface area (Å²) in [5, 5.41) is 2.83. The molecule has 2 aromatic carbocycles. The summed E-state index contributed by atoms with van der Waals surface area (Å²) in [6.45, 7) is 2.22. The molecule has 0 bridgehead atoms. The Labute approximate surface area is 192 Å². The maximum atomic E-state index is 13.2. The van der Waals surface area contributed by atoms with Gasteiger partial charge < -0.3 is 15.0 Å². The van der Waals surface area contributed by atoms with Gasteiger partial charge in [-0.1, -0.05) is 12.1 Å². The monoisotopic (exact) mass is 475 g/mol. The zero-order valence-electron chi connectivity index (χ0n) is 18.1. The van der Waals surface area contributed by atoms with Crippen LogP contribution < -0.4 is 5.32 Å². The molecule has 0 aromatic heterocycles. The van der Waals surface area contributed by atoms with Gasteiger partial charge in [-0.2, -0.15) is 4.31 Å². The lowest BCUT2D eigenvalue weighted by molar-refractivity contribution is -0.120. The van der Waals surface area contributed by atoms with Gasteiger partial charge in [-0.3, -0.25) is 9.59 Å². The Hall–Kier alpha value is -2.82. The molecule has 1 atom stereocenters. The first-order valence-corrected chi connectivity index (χ1v) is 12.3. The van der Waals surface area contributed by atoms with E-state index in [4.69, 9.17) is 4.74 Å². The predicted octanol–water partition coefficient (Wildman–Crippen LogP) is 2.34. The van der Waals surface area contributed by atoms with Crippen molar-refractivity contribution in [2.24, 2.45) is 5.92 Å². The number of carbonyl (C=O) groups is 2. The number of nitrogens with zero attached hydrogens (tertiary/aromatic N) is 2. The van der Waals surface area contributed by atoms with Crippen molar-refractivity contribution in [3.05, 3.63) is 59.9 Å². The van der Waals surface area contributed by atoms with Crippen molar-refractivity contribution in [1.29, 1.82) is 0 Å². The topological polar surface area (TPSA) is 96.0 Å². The summed E-state index contributed by atoms with van der Waals surface area (Å²) in [6, 6.07) is 11.5.